The van der Waals surface area contributed by atoms with Crippen molar-refractivity contribution in [1.29, 1.82) is 0 Å². The fourth-order valence-corrected chi connectivity index (χ4v) is 1.28. The Balaban J connectivity index is 2.87. The van der Waals surface area contributed by atoms with Crippen LogP contribution in [0.5, 0.6) is 11.6 Å². The van der Waals surface area contributed by atoms with E-state index < -0.39 is 0 Å². The van der Waals surface area contributed by atoms with Gasteiger partial charge in [-0.3, -0.25) is 4.79 Å². The summed E-state index contributed by atoms with van der Waals surface area (Å²) in [7, 11) is 2.96. The van der Waals surface area contributed by atoms with Crippen LogP contribution < -0.4 is 15.0 Å². The molecule has 0 aliphatic carbocycles. The summed E-state index contributed by atoms with van der Waals surface area (Å²) in [5.41, 5.74) is 0.0157. The standard InChI is InChI=1S/C9H9N3O3/c1-14-5-3-6(15-2)12-8-7(5)9(13)11-4-10-8/h3-4H,1-2H3,(H,10,11,12,13). The number of aromatic amines is 1. The van der Waals surface area contributed by atoms with E-state index in [1.54, 1.807) is 6.07 Å². The molecule has 2 aromatic heterocycles. The molecule has 2 heterocycles. The maximum atomic E-state index is 11.5. The topological polar surface area (TPSA) is 77.1 Å². The van der Waals surface area contributed by atoms with Crippen LogP contribution in [0.1, 0.15) is 0 Å². The number of methoxy groups -OCH3 is 2. The van der Waals surface area contributed by atoms with Crippen molar-refractivity contribution in [3.8, 4) is 11.6 Å². The van der Waals surface area contributed by atoms with E-state index in [1.807, 2.05) is 0 Å². The van der Waals surface area contributed by atoms with Crippen molar-refractivity contribution in [3.05, 3.63) is 22.7 Å². The van der Waals surface area contributed by atoms with Crippen LogP contribution in [0.15, 0.2) is 17.2 Å². The minimum atomic E-state index is -0.285. The van der Waals surface area contributed by atoms with Gasteiger partial charge in [-0.25, -0.2) is 4.98 Å². The summed E-state index contributed by atoms with van der Waals surface area (Å²) in [6, 6.07) is 1.54. The van der Waals surface area contributed by atoms with Crippen LogP contribution in [0.4, 0.5) is 0 Å². The predicted molar refractivity (Wildman–Crippen MR) is 53.3 cm³/mol. The zero-order valence-corrected chi connectivity index (χ0v) is 8.27. The van der Waals surface area contributed by atoms with E-state index in [2.05, 4.69) is 15.0 Å². The van der Waals surface area contributed by atoms with Crippen LogP contribution in [0, 0.1) is 0 Å². The van der Waals surface area contributed by atoms with Gasteiger partial charge in [0, 0.05) is 6.07 Å². The van der Waals surface area contributed by atoms with Gasteiger partial charge in [-0.05, 0) is 0 Å². The Morgan fingerprint density at radius 2 is 2.13 bits per heavy atom. The average molecular weight is 207 g/mol. The van der Waals surface area contributed by atoms with Crippen LogP contribution in [-0.4, -0.2) is 29.2 Å². The molecule has 0 fully saturated rings. The summed E-state index contributed by atoms with van der Waals surface area (Å²) < 4.78 is 10.0. The number of hydrogen-bond acceptors (Lipinski definition) is 5. The van der Waals surface area contributed by atoms with Gasteiger partial charge in [-0.15, -0.1) is 0 Å². The number of aromatic nitrogens is 3. The number of rotatable bonds is 2. The Morgan fingerprint density at radius 1 is 1.33 bits per heavy atom. The van der Waals surface area contributed by atoms with Crippen LogP contribution in [0.3, 0.4) is 0 Å². The van der Waals surface area contributed by atoms with Crippen molar-refractivity contribution in [3.63, 3.8) is 0 Å². The third kappa shape index (κ3) is 1.50. The van der Waals surface area contributed by atoms with Gasteiger partial charge in [0.1, 0.15) is 11.1 Å². The van der Waals surface area contributed by atoms with E-state index >= 15 is 0 Å². The first kappa shape index (κ1) is 9.45. The minimum absolute atomic E-state index is 0.285. The molecule has 0 aliphatic rings. The fraction of sp³-hybridized carbons (Fsp3) is 0.222. The Kier molecular flexibility index (Phi) is 2.24. The van der Waals surface area contributed by atoms with Gasteiger partial charge in [0.15, 0.2) is 5.65 Å². The first-order valence-corrected chi connectivity index (χ1v) is 4.22. The van der Waals surface area contributed by atoms with Crippen molar-refractivity contribution in [2.75, 3.05) is 14.2 Å². The molecule has 0 saturated carbocycles. The zero-order chi connectivity index (χ0) is 10.8. The molecule has 0 amide bonds. The lowest BCUT2D eigenvalue weighted by molar-refractivity contribution is 0.386. The van der Waals surface area contributed by atoms with Crippen LogP contribution in [0.2, 0.25) is 0 Å². The van der Waals surface area contributed by atoms with Crippen molar-refractivity contribution in [1.82, 2.24) is 15.0 Å². The van der Waals surface area contributed by atoms with E-state index in [0.717, 1.165) is 0 Å². The predicted octanol–water partition coefficient (Wildman–Crippen LogP) is 0.335. The van der Waals surface area contributed by atoms with Gasteiger partial charge in [-0.1, -0.05) is 0 Å². The molecule has 0 radical (unpaired) electrons. The highest BCUT2D eigenvalue weighted by atomic mass is 16.5. The number of ether oxygens (including phenoxy) is 2. The molecule has 2 aromatic rings. The molecule has 0 spiro atoms. The van der Waals surface area contributed by atoms with Crippen molar-refractivity contribution < 1.29 is 9.47 Å². The summed E-state index contributed by atoms with van der Waals surface area (Å²) >= 11 is 0. The van der Waals surface area contributed by atoms with E-state index in [-0.39, 0.29) is 5.56 Å². The van der Waals surface area contributed by atoms with Crippen LogP contribution in [-0.2, 0) is 0 Å². The molecule has 78 valence electrons. The second-order valence-electron chi connectivity index (χ2n) is 2.80. The number of nitrogens with one attached hydrogen (secondary N) is 1. The lowest BCUT2D eigenvalue weighted by Gasteiger charge is -2.05. The second kappa shape index (κ2) is 3.56. The van der Waals surface area contributed by atoms with Crippen LogP contribution in [0.25, 0.3) is 11.0 Å². The number of pyridine rings is 1. The Bertz CT molecular complexity index is 550. The summed E-state index contributed by atoms with van der Waals surface area (Å²) in [6.45, 7) is 0. The number of H-pyrrole nitrogens is 1. The van der Waals surface area contributed by atoms with Crippen LogP contribution >= 0.6 is 0 Å². The highest BCUT2D eigenvalue weighted by Gasteiger charge is 2.10. The van der Waals surface area contributed by atoms with Gasteiger partial charge in [0.25, 0.3) is 5.56 Å². The smallest absolute Gasteiger partial charge is 0.264 e. The summed E-state index contributed by atoms with van der Waals surface area (Å²) in [4.78, 5) is 21.9. The first-order valence-electron chi connectivity index (χ1n) is 4.22. The lowest BCUT2D eigenvalue weighted by Crippen LogP contribution is -2.09. The maximum absolute atomic E-state index is 11.5. The Morgan fingerprint density at radius 3 is 2.80 bits per heavy atom. The van der Waals surface area contributed by atoms with E-state index in [9.17, 15) is 4.79 Å². The third-order valence-corrected chi connectivity index (χ3v) is 1.98. The molecule has 0 saturated heterocycles. The quantitative estimate of drug-likeness (QED) is 0.768. The number of hydrogen-bond donors (Lipinski definition) is 1. The molecular formula is C9H9N3O3. The summed E-state index contributed by atoms with van der Waals surface area (Å²) in [5, 5.41) is 0.320. The Labute approximate surface area is 84.9 Å². The fourth-order valence-electron chi connectivity index (χ4n) is 1.28. The van der Waals surface area contributed by atoms with Gasteiger partial charge < -0.3 is 14.5 Å². The molecule has 0 aromatic carbocycles. The van der Waals surface area contributed by atoms with Crippen molar-refractivity contribution >= 4 is 11.0 Å². The van der Waals surface area contributed by atoms with Gasteiger partial charge in [0.05, 0.1) is 20.5 Å². The molecule has 0 bridgehead atoms. The minimum Gasteiger partial charge on any atom is -0.496 e. The maximum Gasteiger partial charge on any atom is 0.264 e. The number of fused-ring (bicyclic) bond motifs is 1. The molecular weight excluding hydrogens is 198 g/mol. The van der Waals surface area contributed by atoms with E-state index in [1.165, 1.54) is 20.5 Å². The molecule has 6 heteroatoms. The molecule has 1 N–H and O–H groups in total. The van der Waals surface area contributed by atoms with Crippen molar-refractivity contribution in [2.24, 2.45) is 0 Å². The first-order chi connectivity index (χ1) is 7.26. The largest absolute Gasteiger partial charge is 0.496 e. The van der Waals surface area contributed by atoms with Crippen molar-refractivity contribution in [2.45, 2.75) is 0 Å². The lowest BCUT2D eigenvalue weighted by atomic mass is 10.3. The monoisotopic (exact) mass is 207 g/mol. The normalized spacial score (nSPS) is 10.3. The molecule has 15 heavy (non-hydrogen) atoms. The highest BCUT2D eigenvalue weighted by Crippen LogP contribution is 2.23. The molecule has 6 nitrogen and oxygen atoms in total. The molecule has 0 unspecified atom stereocenters. The SMILES string of the molecule is COc1cc(OC)c2c(=O)[nH]cnc2n1. The van der Waals surface area contributed by atoms with Gasteiger partial charge in [0.2, 0.25) is 5.88 Å². The number of nitrogens with zero attached hydrogens (tertiary/aromatic N) is 2. The summed E-state index contributed by atoms with van der Waals surface area (Å²) in [5.74, 6) is 0.753. The Hall–Kier alpha value is -2.11. The van der Waals surface area contributed by atoms with E-state index in [0.29, 0.717) is 22.7 Å². The average Bonchev–Trinajstić information content (AvgIpc) is 2.27. The molecule has 2 rings (SSSR count). The highest BCUT2D eigenvalue weighted by molar-refractivity contribution is 5.81. The van der Waals surface area contributed by atoms with Gasteiger partial charge in [-0.2, -0.15) is 4.98 Å². The zero-order valence-electron chi connectivity index (χ0n) is 8.27. The third-order valence-electron chi connectivity index (χ3n) is 1.98. The molecule has 0 aliphatic heterocycles. The second-order valence-corrected chi connectivity index (χ2v) is 2.80. The summed E-state index contributed by atoms with van der Waals surface area (Å²) in [6.07, 6.45) is 1.29. The van der Waals surface area contributed by atoms with Gasteiger partial charge >= 0.3 is 0 Å². The van der Waals surface area contributed by atoms with E-state index in [4.69, 9.17) is 9.47 Å². The molecule has 0 atom stereocenters.